The van der Waals surface area contributed by atoms with Gasteiger partial charge in [-0.2, -0.15) is 0 Å². The molecule has 0 bridgehead atoms. The number of aryl methyl sites for hydroxylation is 1. The van der Waals surface area contributed by atoms with Crippen molar-refractivity contribution in [3.05, 3.63) is 18.7 Å². The van der Waals surface area contributed by atoms with Gasteiger partial charge in [0.1, 0.15) is 12.4 Å². The van der Waals surface area contributed by atoms with Crippen LogP contribution in [0.4, 0.5) is 0 Å². The van der Waals surface area contributed by atoms with Crippen LogP contribution < -0.4 is 4.57 Å². The summed E-state index contributed by atoms with van der Waals surface area (Å²) < 4.78 is 10.6. The van der Waals surface area contributed by atoms with Crippen LogP contribution in [0, 0.1) is 17.8 Å². The highest BCUT2D eigenvalue weighted by Crippen LogP contribution is 2.35. The van der Waals surface area contributed by atoms with Gasteiger partial charge in [0.2, 0.25) is 6.33 Å². The highest BCUT2D eigenvalue weighted by Gasteiger charge is 2.31. The van der Waals surface area contributed by atoms with Gasteiger partial charge in [0.25, 0.3) is 0 Å². The largest absolute Gasteiger partial charge is 0.338 e. The average Bonchev–Trinajstić information content (AvgIpc) is 2.84. The Morgan fingerprint density at radius 1 is 1.35 bits per heavy atom. The van der Waals surface area contributed by atoms with Gasteiger partial charge in [-0.25, -0.2) is 9.13 Å². The molecule has 0 saturated heterocycles. The third-order valence-electron chi connectivity index (χ3n) is 4.63. The van der Waals surface area contributed by atoms with Crippen molar-refractivity contribution < 1.29 is 9.30 Å². The molecule has 0 N–H and O–H groups in total. The van der Waals surface area contributed by atoms with E-state index in [0.29, 0.717) is 12.8 Å². The molecule has 0 radical (unpaired) electrons. The lowest BCUT2D eigenvalue weighted by atomic mass is 9.75. The van der Waals surface area contributed by atoms with Crippen molar-refractivity contribution in [1.82, 2.24) is 4.57 Å². The molecular formula is C17H31N2O+. The number of imidazole rings is 1. The third-order valence-corrected chi connectivity index (χ3v) is 4.63. The molecule has 1 fully saturated rings. The Balaban J connectivity index is 1.89. The lowest BCUT2D eigenvalue weighted by molar-refractivity contribution is -0.735. The molecule has 3 heteroatoms. The van der Waals surface area contributed by atoms with Crippen LogP contribution in [-0.4, -0.2) is 10.7 Å². The van der Waals surface area contributed by atoms with E-state index in [-0.39, 0.29) is 0 Å². The Morgan fingerprint density at radius 3 is 2.85 bits per heavy atom. The van der Waals surface area contributed by atoms with Crippen LogP contribution in [0.2, 0.25) is 0 Å². The molecule has 0 unspecified atom stereocenters. The van der Waals surface area contributed by atoms with Gasteiger partial charge in [-0.05, 0) is 37.0 Å². The van der Waals surface area contributed by atoms with Crippen LogP contribution in [0.3, 0.4) is 0 Å². The Hall–Kier alpha value is -0.830. The van der Waals surface area contributed by atoms with E-state index in [1.807, 2.05) is 0 Å². The van der Waals surface area contributed by atoms with Crippen LogP contribution in [0.1, 0.15) is 53.4 Å². The van der Waals surface area contributed by atoms with Crippen molar-refractivity contribution in [1.29, 1.82) is 0 Å². The fraction of sp³-hybridized carbons (Fsp3) is 0.824. The number of hydrogen-bond acceptors (Lipinski definition) is 1. The molecule has 1 aromatic rings. The fourth-order valence-corrected chi connectivity index (χ4v) is 3.39. The third kappa shape index (κ3) is 4.08. The zero-order valence-electron chi connectivity index (χ0n) is 13.6. The highest BCUT2D eigenvalue weighted by atomic mass is 16.5. The molecule has 20 heavy (non-hydrogen) atoms. The van der Waals surface area contributed by atoms with E-state index >= 15 is 0 Å². The minimum atomic E-state index is 0.431. The van der Waals surface area contributed by atoms with Crippen LogP contribution in [-0.2, 0) is 18.0 Å². The molecule has 2 rings (SSSR count). The maximum absolute atomic E-state index is 6.25. The van der Waals surface area contributed by atoms with E-state index in [1.165, 1.54) is 25.7 Å². The van der Waals surface area contributed by atoms with Crippen molar-refractivity contribution in [3.8, 4) is 0 Å². The minimum absolute atomic E-state index is 0.431. The predicted molar refractivity (Wildman–Crippen MR) is 81.1 cm³/mol. The molecule has 114 valence electrons. The van der Waals surface area contributed by atoms with Gasteiger partial charge in [-0.3, -0.25) is 0 Å². The SMILES string of the molecule is CCCn1cc[n+](CO[C@@H]2C[C@H](C)CC[C@H]2C(C)C)c1. The molecule has 3 nitrogen and oxygen atoms in total. The van der Waals surface area contributed by atoms with E-state index in [2.05, 4.69) is 55.6 Å². The van der Waals surface area contributed by atoms with E-state index in [4.69, 9.17) is 4.74 Å². The summed E-state index contributed by atoms with van der Waals surface area (Å²) in [7, 11) is 0. The molecular weight excluding hydrogens is 248 g/mol. The summed E-state index contributed by atoms with van der Waals surface area (Å²) >= 11 is 0. The monoisotopic (exact) mass is 279 g/mol. The molecule has 0 spiro atoms. The van der Waals surface area contributed by atoms with Crippen LogP contribution in [0.15, 0.2) is 18.7 Å². The number of ether oxygens (including phenoxy) is 1. The predicted octanol–water partition coefficient (Wildman–Crippen LogP) is 3.62. The average molecular weight is 279 g/mol. The number of rotatable bonds is 6. The van der Waals surface area contributed by atoms with Crippen molar-refractivity contribution in [2.75, 3.05) is 0 Å². The topological polar surface area (TPSA) is 18.0 Å². The zero-order valence-corrected chi connectivity index (χ0v) is 13.6. The van der Waals surface area contributed by atoms with E-state index < -0.39 is 0 Å². The molecule has 1 aliphatic rings. The smallest absolute Gasteiger partial charge is 0.245 e. The highest BCUT2D eigenvalue weighted by molar-refractivity contribution is 4.80. The van der Waals surface area contributed by atoms with Gasteiger partial charge in [-0.1, -0.05) is 34.1 Å². The Kier molecular flexibility index (Phi) is 5.64. The zero-order chi connectivity index (χ0) is 14.5. The number of nitrogens with zero attached hydrogens (tertiary/aromatic N) is 2. The molecule has 1 saturated carbocycles. The molecule has 0 amide bonds. The standard InChI is InChI=1S/C17H31N2O/c1-5-8-18-9-10-19(12-18)13-20-17-11-15(4)6-7-16(17)14(2)3/h9-10,12,14-17H,5-8,11,13H2,1-4H3/q+1/t15-,16+,17-/m1/s1. The molecule has 0 aliphatic heterocycles. The summed E-state index contributed by atoms with van der Waals surface area (Å²) in [5.41, 5.74) is 0. The molecule has 0 aromatic carbocycles. The number of aromatic nitrogens is 2. The van der Waals surface area contributed by atoms with E-state index in [1.54, 1.807) is 0 Å². The van der Waals surface area contributed by atoms with Gasteiger partial charge >= 0.3 is 0 Å². The van der Waals surface area contributed by atoms with Crippen molar-refractivity contribution in [2.45, 2.75) is 72.8 Å². The Morgan fingerprint density at radius 2 is 2.15 bits per heavy atom. The summed E-state index contributed by atoms with van der Waals surface area (Å²) in [4.78, 5) is 0. The quantitative estimate of drug-likeness (QED) is 0.727. The van der Waals surface area contributed by atoms with E-state index in [9.17, 15) is 0 Å². The molecule has 1 aromatic heterocycles. The van der Waals surface area contributed by atoms with Gasteiger partial charge < -0.3 is 4.74 Å². The summed E-state index contributed by atoms with van der Waals surface area (Å²) in [6.07, 6.45) is 11.9. The maximum Gasteiger partial charge on any atom is 0.245 e. The van der Waals surface area contributed by atoms with Gasteiger partial charge in [0, 0.05) is 0 Å². The summed E-state index contributed by atoms with van der Waals surface area (Å²) in [5, 5.41) is 0. The molecule has 1 heterocycles. The normalized spacial score (nSPS) is 27.1. The second kappa shape index (κ2) is 7.26. The summed E-state index contributed by atoms with van der Waals surface area (Å²) in [5.74, 6) is 2.26. The fourth-order valence-electron chi connectivity index (χ4n) is 3.39. The van der Waals surface area contributed by atoms with Gasteiger partial charge in [0.15, 0.2) is 6.73 Å². The van der Waals surface area contributed by atoms with Crippen LogP contribution >= 0.6 is 0 Å². The van der Waals surface area contributed by atoms with Crippen molar-refractivity contribution >= 4 is 0 Å². The summed E-state index contributed by atoms with van der Waals surface area (Å²) in [6.45, 7) is 11.0. The lowest BCUT2D eigenvalue weighted by Gasteiger charge is -2.36. The first-order valence-corrected chi connectivity index (χ1v) is 8.26. The Bertz CT molecular complexity index is 399. The molecule has 3 atom stereocenters. The maximum atomic E-state index is 6.25. The lowest BCUT2D eigenvalue weighted by Crippen LogP contribution is -2.40. The van der Waals surface area contributed by atoms with Crippen LogP contribution in [0.25, 0.3) is 0 Å². The van der Waals surface area contributed by atoms with E-state index in [0.717, 1.165) is 24.3 Å². The summed E-state index contributed by atoms with van der Waals surface area (Å²) in [6, 6.07) is 0. The first-order valence-electron chi connectivity index (χ1n) is 8.26. The van der Waals surface area contributed by atoms with Gasteiger partial charge in [0.05, 0.1) is 12.6 Å². The second-order valence-electron chi connectivity index (χ2n) is 6.83. The van der Waals surface area contributed by atoms with Crippen molar-refractivity contribution in [3.63, 3.8) is 0 Å². The number of hydrogen-bond donors (Lipinski definition) is 0. The second-order valence-corrected chi connectivity index (χ2v) is 6.83. The van der Waals surface area contributed by atoms with Crippen molar-refractivity contribution in [2.24, 2.45) is 17.8 Å². The first-order chi connectivity index (χ1) is 9.60. The molecule has 1 aliphatic carbocycles. The Labute approximate surface area is 123 Å². The first kappa shape index (κ1) is 15.6. The minimum Gasteiger partial charge on any atom is -0.338 e. The van der Waals surface area contributed by atoms with Crippen LogP contribution in [0.5, 0.6) is 0 Å². The van der Waals surface area contributed by atoms with Gasteiger partial charge in [-0.15, -0.1) is 0 Å².